The van der Waals surface area contributed by atoms with Gasteiger partial charge < -0.3 is 5.11 Å². The van der Waals surface area contributed by atoms with Crippen LogP contribution in [0.1, 0.15) is 19.4 Å². The molecule has 0 bridgehead atoms. The third kappa shape index (κ3) is 2.27. The van der Waals surface area contributed by atoms with Gasteiger partial charge in [0, 0.05) is 0 Å². The number of nitrogens with zero attached hydrogens (tertiary/aromatic N) is 1. The topological polar surface area (TPSA) is 63.4 Å². The lowest BCUT2D eigenvalue weighted by atomic mass is 9.96. The molecule has 1 aromatic carbocycles. The van der Waals surface area contributed by atoms with Gasteiger partial charge in [-0.1, -0.05) is 0 Å². The van der Waals surface area contributed by atoms with Crippen LogP contribution in [-0.4, -0.2) is 10.0 Å². The Balaban J connectivity index is 3.49. The molecule has 0 aliphatic rings. The predicted molar refractivity (Wildman–Crippen MR) is 48.3 cm³/mol. The molecule has 0 spiro atoms. The standard InChI is InChI=1S/C9H9F2NO3/c1-9(2,13)5-3-6(10)7(11)4-8(5)12(14)15/h3-4,13H,1-2H3. The second-order valence-electron chi connectivity index (χ2n) is 3.60. The molecular formula is C9H9F2NO3. The maximum Gasteiger partial charge on any atom is 0.278 e. The minimum atomic E-state index is -1.60. The highest BCUT2D eigenvalue weighted by molar-refractivity contribution is 5.44. The van der Waals surface area contributed by atoms with E-state index in [1.165, 1.54) is 13.8 Å². The molecule has 4 nitrogen and oxygen atoms in total. The van der Waals surface area contributed by atoms with Crippen LogP contribution in [-0.2, 0) is 5.60 Å². The first kappa shape index (κ1) is 11.5. The Bertz CT molecular complexity index is 413. The number of halogens is 2. The van der Waals surface area contributed by atoms with E-state index in [0.29, 0.717) is 12.1 Å². The number of nitro groups is 1. The number of benzene rings is 1. The van der Waals surface area contributed by atoms with Crippen LogP contribution >= 0.6 is 0 Å². The summed E-state index contributed by atoms with van der Waals surface area (Å²) in [5, 5.41) is 20.1. The van der Waals surface area contributed by atoms with Crippen molar-refractivity contribution >= 4 is 5.69 Å². The van der Waals surface area contributed by atoms with Crippen molar-refractivity contribution in [1.82, 2.24) is 0 Å². The first-order chi connectivity index (χ1) is 6.73. The molecule has 6 heteroatoms. The van der Waals surface area contributed by atoms with E-state index in [1.807, 2.05) is 0 Å². The van der Waals surface area contributed by atoms with Gasteiger partial charge in [0.2, 0.25) is 0 Å². The summed E-state index contributed by atoms with van der Waals surface area (Å²) in [6.07, 6.45) is 0. The molecule has 0 aliphatic carbocycles. The molecule has 82 valence electrons. The van der Waals surface area contributed by atoms with E-state index in [2.05, 4.69) is 0 Å². The molecule has 15 heavy (non-hydrogen) atoms. The van der Waals surface area contributed by atoms with Gasteiger partial charge in [0.15, 0.2) is 11.6 Å². The zero-order chi connectivity index (χ0) is 11.8. The average Bonchev–Trinajstić information content (AvgIpc) is 2.06. The zero-order valence-corrected chi connectivity index (χ0v) is 8.12. The number of aliphatic hydroxyl groups is 1. The molecule has 0 aromatic heterocycles. The molecule has 0 unspecified atom stereocenters. The van der Waals surface area contributed by atoms with E-state index >= 15 is 0 Å². The van der Waals surface area contributed by atoms with Crippen molar-refractivity contribution in [2.45, 2.75) is 19.4 Å². The van der Waals surface area contributed by atoms with Gasteiger partial charge in [-0.2, -0.15) is 0 Å². The summed E-state index contributed by atoms with van der Waals surface area (Å²) < 4.78 is 25.6. The quantitative estimate of drug-likeness (QED) is 0.609. The average molecular weight is 217 g/mol. The lowest BCUT2D eigenvalue weighted by Gasteiger charge is -2.17. The van der Waals surface area contributed by atoms with Gasteiger partial charge in [0.1, 0.15) is 0 Å². The van der Waals surface area contributed by atoms with Crippen molar-refractivity contribution in [2.75, 3.05) is 0 Å². The monoisotopic (exact) mass is 217 g/mol. The van der Waals surface area contributed by atoms with Gasteiger partial charge in [-0.25, -0.2) is 8.78 Å². The van der Waals surface area contributed by atoms with Crippen molar-refractivity contribution in [1.29, 1.82) is 0 Å². The van der Waals surface area contributed by atoms with Gasteiger partial charge in [0.25, 0.3) is 5.69 Å². The molecule has 0 aliphatic heterocycles. The highest BCUT2D eigenvalue weighted by atomic mass is 19.2. The summed E-state index contributed by atoms with van der Waals surface area (Å²) >= 11 is 0. The number of hydrogen-bond acceptors (Lipinski definition) is 3. The maximum atomic E-state index is 12.8. The van der Waals surface area contributed by atoms with Crippen LogP contribution in [0.3, 0.4) is 0 Å². The van der Waals surface area contributed by atoms with Crippen LogP contribution < -0.4 is 0 Å². The first-order valence-corrected chi connectivity index (χ1v) is 4.10. The van der Waals surface area contributed by atoms with Crippen molar-refractivity contribution in [3.05, 3.63) is 39.4 Å². The van der Waals surface area contributed by atoms with E-state index in [9.17, 15) is 24.0 Å². The van der Waals surface area contributed by atoms with E-state index in [1.54, 1.807) is 0 Å². The zero-order valence-electron chi connectivity index (χ0n) is 8.12. The van der Waals surface area contributed by atoms with Crippen LogP contribution in [0.2, 0.25) is 0 Å². The Kier molecular flexibility index (Phi) is 2.72. The van der Waals surface area contributed by atoms with Crippen LogP contribution in [0.15, 0.2) is 12.1 Å². The summed E-state index contributed by atoms with van der Waals surface area (Å²) in [5.74, 6) is -2.53. The molecule has 1 aromatic rings. The smallest absolute Gasteiger partial charge is 0.278 e. The van der Waals surface area contributed by atoms with Crippen molar-refractivity contribution in [3.63, 3.8) is 0 Å². The molecule has 1 N–H and O–H groups in total. The van der Waals surface area contributed by atoms with Gasteiger partial charge in [-0.05, 0) is 19.9 Å². The second kappa shape index (κ2) is 3.54. The fraction of sp³-hybridized carbons (Fsp3) is 0.333. The molecule has 0 amide bonds. The van der Waals surface area contributed by atoms with Crippen molar-refractivity contribution in [2.24, 2.45) is 0 Å². The largest absolute Gasteiger partial charge is 0.385 e. The molecular weight excluding hydrogens is 208 g/mol. The molecule has 0 heterocycles. The SMILES string of the molecule is CC(C)(O)c1cc(F)c(F)cc1[N+](=O)[O-]. The Labute approximate surface area is 84.3 Å². The predicted octanol–water partition coefficient (Wildman–Crippen LogP) is 2.10. The van der Waals surface area contributed by atoms with Crippen LogP contribution in [0, 0.1) is 21.7 Å². The minimum absolute atomic E-state index is 0.258. The molecule has 0 radical (unpaired) electrons. The van der Waals surface area contributed by atoms with E-state index < -0.39 is 27.8 Å². The van der Waals surface area contributed by atoms with Crippen molar-refractivity contribution in [3.8, 4) is 0 Å². The second-order valence-corrected chi connectivity index (χ2v) is 3.60. The van der Waals surface area contributed by atoms with Crippen LogP contribution in [0.5, 0.6) is 0 Å². The van der Waals surface area contributed by atoms with Crippen LogP contribution in [0.4, 0.5) is 14.5 Å². The molecule has 0 saturated carbocycles. The Morgan fingerprint density at radius 3 is 2.20 bits per heavy atom. The van der Waals surface area contributed by atoms with Gasteiger partial charge in [0.05, 0.1) is 22.2 Å². The Hall–Kier alpha value is -1.56. The third-order valence-electron chi connectivity index (χ3n) is 1.89. The number of rotatable bonds is 2. The Morgan fingerprint density at radius 1 is 1.33 bits per heavy atom. The third-order valence-corrected chi connectivity index (χ3v) is 1.89. The Morgan fingerprint density at radius 2 is 1.80 bits per heavy atom. The molecule has 1 rings (SSSR count). The summed E-state index contributed by atoms with van der Waals surface area (Å²) in [5.41, 5.74) is -2.50. The fourth-order valence-corrected chi connectivity index (χ4v) is 1.18. The van der Waals surface area contributed by atoms with E-state index in [-0.39, 0.29) is 5.56 Å². The van der Waals surface area contributed by atoms with Gasteiger partial charge >= 0.3 is 0 Å². The fourth-order valence-electron chi connectivity index (χ4n) is 1.18. The number of hydrogen-bond donors (Lipinski definition) is 1. The molecule has 0 atom stereocenters. The van der Waals surface area contributed by atoms with Gasteiger partial charge in [-0.15, -0.1) is 0 Å². The summed E-state index contributed by atoms with van der Waals surface area (Å²) in [6, 6.07) is 1.09. The number of nitro benzene ring substituents is 1. The highest BCUT2D eigenvalue weighted by Crippen LogP contribution is 2.31. The van der Waals surface area contributed by atoms with Gasteiger partial charge in [-0.3, -0.25) is 10.1 Å². The van der Waals surface area contributed by atoms with E-state index in [4.69, 9.17) is 0 Å². The lowest BCUT2D eigenvalue weighted by molar-refractivity contribution is -0.386. The van der Waals surface area contributed by atoms with E-state index in [0.717, 1.165) is 0 Å². The van der Waals surface area contributed by atoms with Crippen molar-refractivity contribution < 1.29 is 18.8 Å². The maximum absolute atomic E-state index is 12.8. The first-order valence-electron chi connectivity index (χ1n) is 4.10. The normalized spacial score (nSPS) is 11.5. The minimum Gasteiger partial charge on any atom is -0.385 e. The summed E-state index contributed by atoms with van der Waals surface area (Å²) in [4.78, 5) is 9.67. The lowest BCUT2D eigenvalue weighted by Crippen LogP contribution is -2.18. The summed E-state index contributed by atoms with van der Waals surface area (Å²) in [6.45, 7) is 2.51. The van der Waals surface area contributed by atoms with Crippen LogP contribution in [0.25, 0.3) is 0 Å². The summed E-state index contributed by atoms with van der Waals surface area (Å²) in [7, 11) is 0. The highest BCUT2D eigenvalue weighted by Gasteiger charge is 2.28. The molecule has 0 saturated heterocycles. The molecule has 0 fully saturated rings.